The van der Waals surface area contributed by atoms with Crippen LogP contribution in [0, 0.1) is 23.7 Å². The summed E-state index contributed by atoms with van der Waals surface area (Å²) in [5.41, 5.74) is 3.28. The Hall–Kier alpha value is -3.44. The van der Waals surface area contributed by atoms with Crippen molar-refractivity contribution in [2.45, 2.75) is 25.7 Å². The van der Waals surface area contributed by atoms with Gasteiger partial charge in [-0.05, 0) is 48.9 Å². The van der Waals surface area contributed by atoms with E-state index in [4.69, 9.17) is 23.2 Å². The van der Waals surface area contributed by atoms with Gasteiger partial charge in [0, 0.05) is 35.4 Å². The zero-order chi connectivity index (χ0) is 22.8. The van der Waals surface area contributed by atoms with Gasteiger partial charge < -0.3 is 10.6 Å². The maximum absolute atomic E-state index is 11.0. The summed E-state index contributed by atoms with van der Waals surface area (Å²) in [6, 6.07) is 19.2. The molecular formula is C26H20Cl2N2O2. The van der Waals surface area contributed by atoms with Gasteiger partial charge in [-0.2, -0.15) is 0 Å². The lowest BCUT2D eigenvalue weighted by atomic mass is 10.2. The van der Waals surface area contributed by atoms with Crippen molar-refractivity contribution in [1.29, 1.82) is 0 Å². The van der Waals surface area contributed by atoms with Crippen molar-refractivity contribution < 1.29 is 9.59 Å². The van der Waals surface area contributed by atoms with Gasteiger partial charge in [0.2, 0.25) is 11.8 Å². The second-order valence-corrected chi connectivity index (χ2v) is 7.67. The Kier molecular flexibility index (Phi) is 8.58. The van der Waals surface area contributed by atoms with Gasteiger partial charge in [0.05, 0.1) is 0 Å². The van der Waals surface area contributed by atoms with Crippen molar-refractivity contribution >= 4 is 35.0 Å². The fraction of sp³-hybridized carbons (Fsp3) is 0.154. The van der Waals surface area contributed by atoms with Crippen LogP contribution in [0.2, 0.25) is 0 Å². The first-order chi connectivity index (χ1) is 15.5. The molecule has 2 aromatic rings. The van der Waals surface area contributed by atoms with E-state index in [-0.39, 0.29) is 11.8 Å². The van der Waals surface area contributed by atoms with Crippen LogP contribution in [0.1, 0.15) is 36.8 Å². The molecule has 2 heterocycles. The Morgan fingerprint density at radius 3 is 1.31 bits per heavy atom. The Balaban J connectivity index is 0.000000181. The standard InChI is InChI=1S/2C13H10ClNO/c2*14-11(12-8-9-13(16)15-12)7-6-10-4-2-1-3-5-10/h2*1-5H,8-9H2,(H,15,16)/b2*12-11-. The molecule has 6 heteroatoms. The largest absolute Gasteiger partial charge is 0.328 e. The average Bonchev–Trinajstić information content (AvgIpc) is 3.46. The molecule has 0 radical (unpaired) electrons. The molecular weight excluding hydrogens is 443 g/mol. The van der Waals surface area contributed by atoms with Crippen LogP contribution in [0.4, 0.5) is 0 Å². The van der Waals surface area contributed by atoms with E-state index < -0.39 is 0 Å². The highest BCUT2D eigenvalue weighted by atomic mass is 35.5. The lowest BCUT2D eigenvalue weighted by Gasteiger charge is -1.95. The summed E-state index contributed by atoms with van der Waals surface area (Å²) >= 11 is 12.0. The van der Waals surface area contributed by atoms with Crippen LogP contribution in [-0.4, -0.2) is 11.8 Å². The Bertz CT molecular complexity index is 1080. The third-order valence-corrected chi connectivity index (χ3v) is 5.14. The van der Waals surface area contributed by atoms with Crippen molar-refractivity contribution in [1.82, 2.24) is 10.6 Å². The van der Waals surface area contributed by atoms with Crippen molar-refractivity contribution in [3.63, 3.8) is 0 Å². The maximum Gasteiger partial charge on any atom is 0.224 e. The summed E-state index contributed by atoms with van der Waals surface area (Å²) in [6.45, 7) is 0. The first-order valence-corrected chi connectivity index (χ1v) is 10.8. The van der Waals surface area contributed by atoms with Crippen molar-refractivity contribution in [3.8, 4) is 23.7 Å². The second kappa shape index (κ2) is 11.8. The minimum absolute atomic E-state index is 0.00895. The summed E-state index contributed by atoms with van der Waals surface area (Å²) in [5.74, 6) is 11.6. The van der Waals surface area contributed by atoms with Gasteiger partial charge in [0.15, 0.2) is 0 Å². The third kappa shape index (κ3) is 7.36. The lowest BCUT2D eigenvalue weighted by molar-refractivity contribution is -0.119. The monoisotopic (exact) mass is 462 g/mol. The molecule has 0 bridgehead atoms. The first kappa shape index (κ1) is 23.2. The van der Waals surface area contributed by atoms with E-state index in [0.717, 1.165) is 22.5 Å². The third-order valence-electron chi connectivity index (χ3n) is 4.50. The maximum atomic E-state index is 11.0. The van der Waals surface area contributed by atoms with Crippen LogP contribution in [0.5, 0.6) is 0 Å². The topological polar surface area (TPSA) is 58.2 Å². The predicted molar refractivity (Wildman–Crippen MR) is 127 cm³/mol. The summed E-state index contributed by atoms with van der Waals surface area (Å²) in [5, 5.41) is 6.24. The minimum Gasteiger partial charge on any atom is -0.328 e. The van der Waals surface area contributed by atoms with E-state index in [1.165, 1.54) is 0 Å². The zero-order valence-electron chi connectivity index (χ0n) is 17.2. The summed E-state index contributed by atoms with van der Waals surface area (Å²) in [6.07, 6.45) is 2.30. The fourth-order valence-electron chi connectivity index (χ4n) is 2.84. The van der Waals surface area contributed by atoms with Gasteiger partial charge in [0.1, 0.15) is 10.1 Å². The molecule has 4 rings (SSSR count). The van der Waals surface area contributed by atoms with E-state index >= 15 is 0 Å². The van der Waals surface area contributed by atoms with Crippen molar-refractivity contribution in [2.75, 3.05) is 0 Å². The number of rotatable bonds is 0. The number of hydrogen-bond donors (Lipinski definition) is 2. The highest BCUT2D eigenvalue weighted by Crippen LogP contribution is 2.18. The molecule has 4 nitrogen and oxygen atoms in total. The Morgan fingerprint density at radius 1 is 0.625 bits per heavy atom. The van der Waals surface area contributed by atoms with Crippen LogP contribution in [0.25, 0.3) is 0 Å². The summed E-state index contributed by atoms with van der Waals surface area (Å²) in [7, 11) is 0. The van der Waals surface area contributed by atoms with Crippen molar-refractivity contribution in [2.24, 2.45) is 0 Å². The first-order valence-electron chi connectivity index (χ1n) is 10.0. The predicted octanol–water partition coefficient (Wildman–Crippen LogP) is 4.80. The number of amides is 2. The van der Waals surface area contributed by atoms with Crippen LogP contribution in [0.15, 0.2) is 82.1 Å². The molecule has 2 fully saturated rings. The number of carbonyl (C=O) groups excluding carboxylic acids is 2. The molecule has 2 saturated heterocycles. The molecule has 160 valence electrons. The number of allylic oxidation sites excluding steroid dienone is 4. The molecule has 0 aromatic heterocycles. The van der Waals surface area contributed by atoms with Crippen LogP contribution >= 0.6 is 23.2 Å². The summed E-state index contributed by atoms with van der Waals surface area (Å²) < 4.78 is 0. The molecule has 2 amide bonds. The highest BCUT2D eigenvalue weighted by molar-refractivity contribution is 6.33. The zero-order valence-corrected chi connectivity index (χ0v) is 18.7. The van der Waals surface area contributed by atoms with Crippen LogP contribution < -0.4 is 10.6 Å². The number of benzene rings is 2. The second-order valence-electron chi connectivity index (χ2n) is 6.91. The molecule has 0 aliphatic carbocycles. The van der Waals surface area contributed by atoms with Gasteiger partial charge in [-0.25, -0.2) is 0 Å². The smallest absolute Gasteiger partial charge is 0.224 e. The lowest BCUT2D eigenvalue weighted by Crippen LogP contribution is -2.12. The van der Waals surface area contributed by atoms with E-state index in [0.29, 0.717) is 35.7 Å². The average molecular weight is 463 g/mol. The molecule has 2 aliphatic rings. The molecule has 2 N–H and O–H groups in total. The SMILES string of the molecule is O=C1CC/C(=C(/Cl)C#Cc2ccccc2)N1.O=C1CC/C(=C(/Cl)C#Cc2ccccc2)N1. The van der Waals surface area contributed by atoms with Crippen molar-refractivity contribution in [3.05, 3.63) is 93.2 Å². The molecule has 0 saturated carbocycles. The van der Waals surface area contributed by atoms with Crippen LogP contribution in [0.3, 0.4) is 0 Å². The van der Waals surface area contributed by atoms with Gasteiger partial charge in [0.25, 0.3) is 0 Å². The molecule has 2 aromatic carbocycles. The number of hydrogen-bond acceptors (Lipinski definition) is 2. The number of halogens is 2. The number of carbonyl (C=O) groups is 2. The van der Waals surface area contributed by atoms with Gasteiger partial charge in [-0.15, -0.1) is 0 Å². The highest BCUT2D eigenvalue weighted by Gasteiger charge is 2.17. The number of nitrogens with one attached hydrogen (secondary N) is 2. The molecule has 2 aliphatic heterocycles. The van der Waals surface area contributed by atoms with Gasteiger partial charge >= 0.3 is 0 Å². The summed E-state index contributed by atoms with van der Waals surface area (Å²) in [4.78, 5) is 22.0. The molecule has 0 atom stereocenters. The quantitative estimate of drug-likeness (QED) is 0.552. The fourth-order valence-corrected chi connectivity index (χ4v) is 3.22. The van der Waals surface area contributed by atoms with E-state index in [1.807, 2.05) is 60.7 Å². The van der Waals surface area contributed by atoms with Gasteiger partial charge in [-0.3, -0.25) is 9.59 Å². The molecule has 32 heavy (non-hydrogen) atoms. The molecule has 0 spiro atoms. The minimum atomic E-state index is 0.00895. The van der Waals surface area contributed by atoms with Crippen LogP contribution in [-0.2, 0) is 9.59 Å². The van der Waals surface area contributed by atoms with E-state index in [9.17, 15) is 9.59 Å². The normalized spacial score (nSPS) is 17.4. The Labute approximate surface area is 197 Å². The van der Waals surface area contributed by atoms with E-state index in [1.54, 1.807) is 0 Å². The van der Waals surface area contributed by atoms with Gasteiger partial charge in [-0.1, -0.05) is 71.4 Å². The molecule has 0 unspecified atom stereocenters. The Morgan fingerprint density at radius 2 is 1.00 bits per heavy atom. The van der Waals surface area contributed by atoms with E-state index in [2.05, 4.69) is 34.3 Å².